The highest BCUT2D eigenvalue weighted by molar-refractivity contribution is 6.25. The van der Waals surface area contributed by atoms with E-state index < -0.39 is 0 Å². The SMILES string of the molecule is N#C/C=C(/C=N\C=C\Cl)c1ccc2ccccc2c1. The van der Waals surface area contributed by atoms with Crippen LogP contribution in [0.25, 0.3) is 16.3 Å². The van der Waals surface area contributed by atoms with E-state index in [0.717, 1.165) is 16.5 Å². The van der Waals surface area contributed by atoms with Gasteiger partial charge < -0.3 is 0 Å². The zero-order valence-corrected chi connectivity index (χ0v) is 10.9. The maximum atomic E-state index is 8.84. The van der Waals surface area contributed by atoms with E-state index in [2.05, 4.69) is 11.1 Å². The van der Waals surface area contributed by atoms with E-state index in [1.165, 1.54) is 23.2 Å². The van der Waals surface area contributed by atoms with Crippen molar-refractivity contribution in [3.8, 4) is 6.07 Å². The quantitative estimate of drug-likeness (QED) is 0.594. The van der Waals surface area contributed by atoms with Crippen LogP contribution in [0.1, 0.15) is 5.56 Å². The lowest BCUT2D eigenvalue weighted by Crippen LogP contribution is -1.86. The third kappa shape index (κ3) is 3.31. The van der Waals surface area contributed by atoms with Crippen molar-refractivity contribution >= 4 is 34.2 Å². The molecule has 0 aromatic heterocycles. The van der Waals surface area contributed by atoms with Crippen LogP contribution in [0.5, 0.6) is 0 Å². The lowest BCUT2D eigenvalue weighted by atomic mass is 10.0. The van der Waals surface area contributed by atoms with Crippen LogP contribution < -0.4 is 0 Å². The Morgan fingerprint density at radius 2 is 1.95 bits per heavy atom. The van der Waals surface area contributed by atoms with Crippen molar-refractivity contribution in [3.63, 3.8) is 0 Å². The molecule has 0 fully saturated rings. The topological polar surface area (TPSA) is 36.1 Å². The lowest BCUT2D eigenvalue weighted by molar-refractivity contribution is 1.53. The van der Waals surface area contributed by atoms with Crippen LogP contribution in [0, 0.1) is 11.3 Å². The smallest absolute Gasteiger partial charge is 0.0919 e. The van der Waals surface area contributed by atoms with Gasteiger partial charge in [0, 0.05) is 29.6 Å². The second kappa shape index (κ2) is 6.53. The second-order valence-corrected chi connectivity index (χ2v) is 4.10. The average Bonchev–Trinajstić information content (AvgIpc) is 2.46. The number of fused-ring (bicyclic) bond motifs is 1. The lowest BCUT2D eigenvalue weighted by Gasteiger charge is -2.03. The van der Waals surface area contributed by atoms with Crippen LogP contribution in [0.2, 0.25) is 0 Å². The Hall–Kier alpha value is -2.37. The van der Waals surface area contributed by atoms with Crippen LogP contribution >= 0.6 is 11.6 Å². The molecule has 0 spiro atoms. The normalized spacial score (nSPS) is 12.3. The number of nitrogens with zero attached hydrogens (tertiary/aromatic N) is 2. The van der Waals surface area contributed by atoms with Crippen molar-refractivity contribution in [2.24, 2.45) is 4.99 Å². The van der Waals surface area contributed by atoms with Crippen LogP contribution in [0.3, 0.4) is 0 Å². The van der Waals surface area contributed by atoms with Gasteiger partial charge in [0.2, 0.25) is 0 Å². The van der Waals surface area contributed by atoms with Gasteiger partial charge in [-0.25, -0.2) is 0 Å². The Kier molecular flexibility index (Phi) is 4.49. The average molecular weight is 267 g/mol. The predicted octanol–water partition coefficient (Wildman–Crippen LogP) is 4.53. The Morgan fingerprint density at radius 1 is 1.16 bits per heavy atom. The van der Waals surface area contributed by atoms with Crippen LogP contribution in [-0.4, -0.2) is 6.21 Å². The number of allylic oxidation sites excluding steroid dienone is 2. The molecule has 0 amide bonds. The van der Waals surface area contributed by atoms with Gasteiger partial charge in [0.05, 0.1) is 6.07 Å². The van der Waals surface area contributed by atoms with E-state index in [4.69, 9.17) is 16.9 Å². The standard InChI is InChI=1S/C16H11ClN2/c17-8-10-19-12-16(7-9-18)15-6-5-13-3-1-2-4-14(13)11-15/h1-8,10-12H/b10-8+,16-7-,19-12-. The fourth-order valence-corrected chi connectivity index (χ4v) is 1.85. The van der Waals surface area contributed by atoms with E-state index in [0.29, 0.717) is 0 Å². The highest BCUT2D eigenvalue weighted by Crippen LogP contribution is 2.20. The fraction of sp³-hybridized carbons (Fsp3) is 0. The summed E-state index contributed by atoms with van der Waals surface area (Å²) in [5, 5.41) is 11.1. The third-order valence-corrected chi connectivity index (χ3v) is 2.77. The van der Waals surface area contributed by atoms with Gasteiger partial charge in [0.1, 0.15) is 0 Å². The monoisotopic (exact) mass is 266 g/mol. The van der Waals surface area contributed by atoms with Crippen molar-refractivity contribution in [1.82, 2.24) is 0 Å². The summed E-state index contributed by atoms with van der Waals surface area (Å²) in [6.45, 7) is 0. The van der Waals surface area contributed by atoms with Crippen molar-refractivity contribution in [3.05, 3.63) is 65.8 Å². The molecule has 0 radical (unpaired) electrons. The number of hydrogen-bond donors (Lipinski definition) is 0. The van der Waals surface area contributed by atoms with Gasteiger partial charge >= 0.3 is 0 Å². The molecule has 0 saturated heterocycles. The van der Waals surface area contributed by atoms with Gasteiger partial charge in [-0.1, -0.05) is 48.0 Å². The Balaban J connectivity index is 2.45. The minimum absolute atomic E-state index is 0.753. The van der Waals surface area contributed by atoms with E-state index in [1.807, 2.05) is 42.5 Å². The molecule has 3 heteroatoms. The van der Waals surface area contributed by atoms with Gasteiger partial charge in [-0.2, -0.15) is 5.26 Å². The summed E-state index contributed by atoms with van der Waals surface area (Å²) in [5.41, 5.74) is 3.02. The zero-order valence-electron chi connectivity index (χ0n) is 10.1. The molecule has 0 saturated carbocycles. The summed E-state index contributed by atoms with van der Waals surface area (Å²) in [7, 11) is 0. The first-order chi connectivity index (χ1) is 9.35. The van der Waals surface area contributed by atoms with Crippen molar-refractivity contribution in [2.45, 2.75) is 0 Å². The van der Waals surface area contributed by atoms with E-state index in [9.17, 15) is 0 Å². The summed E-state index contributed by atoms with van der Waals surface area (Å²) in [4.78, 5) is 4.01. The van der Waals surface area contributed by atoms with E-state index >= 15 is 0 Å². The molecule has 0 aliphatic heterocycles. The van der Waals surface area contributed by atoms with Crippen LogP contribution in [0.15, 0.2) is 65.3 Å². The summed E-state index contributed by atoms with van der Waals surface area (Å²) >= 11 is 5.41. The van der Waals surface area contributed by atoms with Crippen molar-refractivity contribution in [2.75, 3.05) is 0 Å². The molecule has 0 bridgehead atoms. The molecule has 0 N–H and O–H groups in total. The maximum absolute atomic E-state index is 8.84. The molecule has 92 valence electrons. The highest BCUT2D eigenvalue weighted by Gasteiger charge is 2.00. The van der Waals surface area contributed by atoms with Crippen LogP contribution in [0.4, 0.5) is 0 Å². The van der Waals surface area contributed by atoms with Gasteiger partial charge in [0.25, 0.3) is 0 Å². The fourth-order valence-electron chi connectivity index (χ4n) is 1.79. The number of aliphatic imine (C=N–C) groups is 1. The number of rotatable bonds is 3. The molecule has 0 heterocycles. The Morgan fingerprint density at radius 3 is 2.68 bits per heavy atom. The van der Waals surface area contributed by atoms with E-state index in [-0.39, 0.29) is 0 Å². The largest absolute Gasteiger partial charge is 0.263 e. The molecular formula is C16H11ClN2. The van der Waals surface area contributed by atoms with Gasteiger partial charge in [-0.3, -0.25) is 4.99 Å². The van der Waals surface area contributed by atoms with Crippen molar-refractivity contribution in [1.29, 1.82) is 5.26 Å². The molecule has 0 unspecified atom stereocenters. The van der Waals surface area contributed by atoms with E-state index in [1.54, 1.807) is 6.21 Å². The first-order valence-corrected chi connectivity index (χ1v) is 6.16. The van der Waals surface area contributed by atoms with Crippen molar-refractivity contribution < 1.29 is 0 Å². The zero-order chi connectivity index (χ0) is 13.5. The Labute approximate surface area is 117 Å². The summed E-state index contributed by atoms with van der Waals surface area (Å²) in [6, 6.07) is 16.2. The number of benzene rings is 2. The number of halogens is 1. The molecule has 0 aliphatic rings. The summed E-state index contributed by atoms with van der Waals surface area (Å²) in [5.74, 6) is 0. The second-order valence-electron chi connectivity index (χ2n) is 3.84. The number of nitriles is 1. The summed E-state index contributed by atoms with van der Waals surface area (Å²) < 4.78 is 0. The van der Waals surface area contributed by atoms with Gasteiger partial charge in [-0.05, 0) is 22.4 Å². The maximum Gasteiger partial charge on any atom is 0.0919 e. The predicted molar refractivity (Wildman–Crippen MR) is 81.0 cm³/mol. The molecule has 2 aromatic rings. The molecule has 2 aromatic carbocycles. The molecular weight excluding hydrogens is 256 g/mol. The first-order valence-electron chi connectivity index (χ1n) is 5.72. The molecule has 0 atom stereocenters. The first kappa shape index (κ1) is 13.1. The number of hydrogen-bond acceptors (Lipinski definition) is 2. The van der Waals surface area contributed by atoms with Crippen LogP contribution in [-0.2, 0) is 0 Å². The third-order valence-electron chi connectivity index (χ3n) is 2.66. The molecule has 19 heavy (non-hydrogen) atoms. The minimum atomic E-state index is 0.753. The highest BCUT2D eigenvalue weighted by atomic mass is 35.5. The Bertz CT molecular complexity index is 706. The summed E-state index contributed by atoms with van der Waals surface area (Å²) in [6.07, 6.45) is 4.55. The van der Waals surface area contributed by atoms with Gasteiger partial charge in [-0.15, -0.1) is 0 Å². The molecule has 0 aliphatic carbocycles. The van der Waals surface area contributed by atoms with Gasteiger partial charge in [0.15, 0.2) is 0 Å². The molecule has 2 nitrogen and oxygen atoms in total. The minimum Gasteiger partial charge on any atom is -0.263 e. The molecule has 2 rings (SSSR count).